The fourth-order valence-electron chi connectivity index (χ4n) is 4.58. The molecule has 2 aromatic rings. The average Bonchev–Trinajstić information content (AvgIpc) is 2.75. The van der Waals surface area contributed by atoms with Crippen molar-refractivity contribution in [1.82, 2.24) is 4.90 Å². The number of amides is 1. The highest BCUT2D eigenvalue weighted by atomic mass is 19.1. The maximum absolute atomic E-state index is 13.1. The van der Waals surface area contributed by atoms with Crippen molar-refractivity contribution in [3.8, 4) is 0 Å². The molecule has 0 spiro atoms. The molecular formula is C23H25FN4O. The van der Waals surface area contributed by atoms with Gasteiger partial charge in [0.05, 0.1) is 17.3 Å². The second-order valence-corrected chi connectivity index (χ2v) is 8.07. The summed E-state index contributed by atoms with van der Waals surface area (Å²) in [4.78, 5) is 21.8. The van der Waals surface area contributed by atoms with E-state index in [1.165, 1.54) is 17.7 Å². The molecule has 2 aromatic carbocycles. The molecule has 0 saturated carbocycles. The summed E-state index contributed by atoms with van der Waals surface area (Å²) in [6.45, 7) is 5.43. The predicted molar refractivity (Wildman–Crippen MR) is 113 cm³/mol. The largest absolute Gasteiger partial charge is 0.369 e. The van der Waals surface area contributed by atoms with Gasteiger partial charge in [-0.25, -0.2) is 4.39 Å². The zero-order valence-corrected chi connectivity index (χ0v) is 16.4. The van der Waals surface area contributed by atoms with Gasteiger partial charge in [-0.1, -0.05) is 12.1 Å². The third-order valence-corrected chi connectivity index (χ3v) is 6.17. The Hall–Kier alpha value is -2.73. The molecule has 5 rings (SSSR count). The van der Waals surface area contributed by atoms with E-state index in [2.05, 4.69) is 38.3 Å². The Bertz CT molecular complexity index is 948. The Morgan fingerprint density at radius 2 is 1.86 bits per heavy atom. The topological polar surface area (TPSA) is 47.9 Å². The summed E-state index contributed by atoms with van der Waals surface area (Å²) >= 11 is 0. The van der Waals surface area contributed by atoms with Crippen molar-refractivity contribution in [2.24, 2.45) is 10.9 Å². The first-order chi connectivity index (χ1) is 14.2. The third-order valence-electron chi connectivity index (χ3n) is 6.17. The van der Waals surface area contributed by atoms with Crippen molar-refractivity contribution in [2.75, 3.05) is 42.9 Å². The van der Waals surface area contributed by atoms with Crippen molar-refractivity contribution in [3.05, 3.63) is 59.4 Å². The van der Waals surface area contributed by atoms with Gasteiger partial charge in [0.15, 0.2) is 0 Å². The fraction of sp³-hybridized carbons (Fsp3) is 0.391. The van der Waals surface area contributed by atoms with E-state index in [1.807, 2.05) is 12.1 Å². The zero-order valence-electron chi connectivity index (χ0n) is 16.4. The highest BCUT2D eigenvalue weighted by Crippen LogP contribution is 2.32. The quantitative estimate of drug-likeness (QED) is 0.872. The van der Waals surface area contributed by atoms with Crippen LogP contribution in [-0.2, 0) is 11.3 Å². The minimum absolute atomic E-state index is 0.0818. The van der Waals surface area contributed by atoms with Crippen LogP contribution in [0, 0.1) is 11.7 Å². The molecule has 6 heteroatoms. The lowest BCUT2D eigenvalue weighted by Crippen LogP contribution is -2.46. The summed E-state index contributed by atoms with van der Waals surface area (Å²) in [5.74, 6) is -0.194. The smallest absolute Gasteiger partial charge is 0.233 e. The van der Waals surface area contributed by atoms with E-state index in [9.17, 15) is 9.18 Å². The maximum Gasteiger partial charge on any atom is 0.233 e. The van der Waals surface area contributed by atoms with E-state index in [0.717, 1.165) is 74.8 Å². The van der Waals surface area contributed by atoms with Crippen LogP contribution in [0.25, 0.3) is 0 Å². The summed E-state index contributed by atoms with van der Waals surface area (Å²) in [6, 6.07) is 13.1. The third kappa shape index (κ3) is 3.65. The van der Waals surface area contributed by atoms with Gasteiger partial charge in [0, 0.05) is 50.5 Å². The number of hydrogen-bond donors (Lipinski definition) is 1. The average molecular weight is 392 g/mol. The molecule has 1 fully saturated rings. The predicted octanol–water partition coefficient (Wildman–Crippen LogP) is 3.30. The van der Waals surface area contributed by atoms with E-state index >= 15 is 0 Å². The number of aliphatic imine (C=N–C) groups is 1. The van der Waals surface area contributed by atoms with Crippen LogP contribution in [0.1, 0.15) is 24.0 Å². The fourth-order valence-corrected chi connectivity index (χ4v) is 4.58. The minimum Gasteiger partial charge on any atom is -0.369 e. The van der Waals surface area contributed by atoms with Crippen molar-refractivity contribution >= 4 is 23.0 Å². The van der Waals surface area contributed by atoms with Gasteiger partial charge in [0.1, 0.15) is 5.82 Å². The standard InChI is InChI=1S/C23H25FN4O/c24-17-4-6-18(7-5-17)28-12-10-27(11-13-28)15-16-3-8-19-21(14-16)26-23(29)20-2-1-9-25-22(19)20/h3-8,14,20H,1-2,9-13,15H2,(H,26,29). The first-order valence-electron chi connectivity index (χ1n) is 10.4. The van der Waals surface area contributed by atoms with Crippen LogP contribution in [0.15, 0.2) is 47.5 Å². The molecule has 0 radical (unpaired) electrons. The van der Waals surface area contributed by atoms with Gasteiger partial charge in [-0.15, -0.1) is 0 Å². The van der Waals surface area contributed by atoms with E-state index in [0.29, 0.717) is 0 Å². The first-order valence-corrected chi connectivity index (χ1v) is 10.4. The summed E-state index contributed by atoms with van der Waals surface area (Å²) in [6.07, 6.45) is 1.88. The molecule has 3 aliphatic heterocycles. The van der Waals surface area contributed by atoms with Crippen molar-refractivity contribution in [2.45, 2.75) is 19.4 Å². The van der Waals surface area contributed by atoms with E-state index < -0.39 is 0 Å². The molecule has 0 aromatic heterocycles. The second-order valence-electron chi connectivity index (χ2n) is 8.07. The number of nitrogens with one attached hydrogen (secondary N) is 1. The summed E-state index contributed by atoms with van der Waals surface area (Å²) < 4.78 is 13.1. The molecule has 3 heterocycles. The highest BCUT2D eigenvalue weighted by molar-refractivity contribution is 6.23. The monoisotopic (exact) mass is 392 g/mol. The molecular weight excluding hydrogens is 367 g/mol. The Labute approximate surface area is 170 Å². The van der Waals surface area contributed by atoms with E-state index in [-0.39, 0.29) is 17.6 Å². The number of piperazine rings is 1. The van der Waals surface area contributed by atoms with E-state index in [1.54, 1.807) is 0 Å². The molecule has 29 heavy (non-hydrogen) atoms. The second kappa shape index (κ2) is 7.59. The van der Waals surface area contributed by atoms with Gasteiger partial charge in [-0.05, 0) is 48.7 Å². The lowest BCUT2D eigenvalue weighted by atomic mass is 9.85. The molecule has 1 atom stereocenters. The van der Waals surface area contributed by atoms with Gasteiger partial charge >= 0.3 is 0 Å². The molecule has 0 bridgehead atoms. The minimum atomic E-state index is -0.197. The number of halogens is 1. The van der Waals surface area contributed by atoms with Gasteiger partial charge in [-0.2, -0.15) is 0 Å². The molecule has 1 N–H and O–H groups in total. The molecule has 1 amide bonds. The Balaban J connectivity index is 1.25. The maximum atomic E-state index is 13.1. The van der Waals surface area contributed by atoms with Gasteiger partial charge in [0.2, 0.25) is 5.91 Å². The van der Waals surface area contributed by atoms with Crippen LogP contribution >= 0.6 is 0 Å². The Kier molecular flexibility index (Phi) is 4.79. The number of carbonyl (C=O) groups excluding carboxylic acids is 1. The molecule has 1 saturated heterocycles. The van der Waals surface area contributed by atoms with Crippen LogP contribution in [0.3, 0.4) is 0 Å². The Morgan fingerprint density at radius 1 is 1.07 bits per heavy atom. The summed E-state index contributed by atoms with van der Waals surface area (Å²) in [5.41, 5.74) is 5.22. The number of nitrogens with zero attached hydrogens (tertiary/aromatic N) is 3. The number of anilines is 2. The van der Waals surface area contributed by atoms with Crippen LogP contribution in [0.5, 0.6) is 0 Å². The van der Waals surface area contributed by atoms with Crippen LogP contribution in [-0.4, -0.2) is 49.2 Å². The number of carbonyl (C=O) groups is 1. The van der Waals surface area contributed by atoms with Gasteiger partial charge < -0.3 is 10.2 Å². The highest BCUT2D eigenvalue weighted by Gasteiger charge is 2.33. The summed E-state index contributed by atoms with van der Waals surface area (Å²) in [7, 11) is 0. The SMILES string of the molecule is O=C1Nc2cc(CN3CCN(c4ccc(F)cc4)CC3)ccc2C2=NCCCC12. The van der Waals surface area contributed by atoms with E-state index in [4.69, 9.17) is 0 Å². The molecule has 1 unspecified atom stereocenters. The summed E-state index contributed by atoms with van der Waals surface area (Å²) in [5, 5.41) is 3.09. The molecule has 3 aliphatic rings. The zero-order chi connectivity index (χ0) is 19.8. The van der Waals surface area contributed by atoms with Crippen LogP contribution < -0.4 is 10.2 Å². The van der Waals surface area contributed by atoms with Crippen molar-refractivity contribution in [1.29, 1.82) is 0 Å². The molecule has 150 valence electrons. The van der Waals surface area contributed by atoms with Gasteiger partial charge in [0.25, 0.3) is 0 Å². The normalized spacial score (nSPS) is 21.8. The lowest BCUT2D eigenvalue weighted by molar-refractivity contribution is -0.118. The first kappa shape index (κ1) is 18.3. The van der Waals surface area contributed by atoms with Gasteiger partial charge in [-0.3, -0.25) is 14.7 Å². The number of rotatable bonds is 3. The van der Waals surface area contributed by atoms with Crippen LogP contribution in [0.2, 0.25) is 0 Å². The lowest BCUT2D eigenvalue weighted by Gasteiger charge is -2.36. The number of fused-ring (bicyclic) bond motifs is 3. The van der Waals surface area contributed by atoms with Crippen molar-refractivity contribution in [3.63, 3.8) is 0 Å². The Morgan fingerprint density at radius 3 is 2.66 bits per heavy atom. The molecule has 0 aliphatic carbocycles. The van der Waals surface area contributed by atoms with Crippen molar-refractivity contribution < 1.29 is 9.18 Å². The number of benzene rings is 2. The molecule has 5 nitrogen and oxygen atoms in total. The number of hydrogen-bond acceptors (Lipinski definition) is 4. The van der Waals surface area contributed by atoms with Crippen LogP contribution in [0.4, 0.5) is 15.8 Å².